The number of benzene rings is 2. The Bertz CT molecular complexity index is 627. The van der Waals surface area contributed by atoms with Crippen molar-refractivity contribution in [2.24, 2.45) is 4.99 Å². The minimum absolute atomic E-state index is 0.589. The summed E-state index contributed by atoms with van der Waals surface area (Å²) in [6, 6.07) is 18.4. The van der Waals surface area contributed by atoms with Gasteiger partial charge in [0, 0.05) is 27.2 Å². The van der Waals surface area contributed by atoms with E-state index in [2.05, 4.69) is 39.9 Å². The summed E-state index contributed by atoms with van der Waals surface area (Å²) < 4.78 is 10.8. The van der Waals surface area contributed by atoms with Crippen LogP contribution in [-0.4, -0.2) is 39.8 Å². The predicted octanol–water partition coefficient (Wildman–Crippen LogP) is 2.62. The molecule has 2 N–H and O–H groups in total. The first kappa shape index (κ1) is 18.8. The zero-order valence-corrected chi connectivity index (χ0v) is 15.0. The Hall–Kier alpha value is -2.53. The van der Waals surface area contributed by atoms with Crippen molar-refractivity contribution in [2.45, 2.75) is 13.0 Å². The summed E-state index contributed by atoms with van der Waals surface area (Å²) in [7, 11) is 3.45. The number of aliphatic imine (C=N–C) groups is 1. The van der Waals surface area contributed by atoms with E-state index in [1.54, 1.807) is 14.2 Å². The van der Waals surface area contributed by atoms with Crippen LogP contribution in [-0.2, 0) is 17.8 Å². The Morgan fingerprint density at radius 3 is 2.32 bits per heavy atom. The molecule has 2 rings (SSSR count). The van der Waals surface area contributed by atoms with E-state index in [0.29, 0.717) is 13.2 Å². The van der Waals surface area contributed by atoms with Crippen LogP contribution in [0.1, 0.15) is 11.1 Å². The molecule has 5 nitrogen and oxygen atoms in total. The van der Waals surface area contributed by atoms with Gasteiger partial charge in [-0.05, 0) is 29.7 Å². The van der Waals surface area contributed by atoms with Gasteiger partial charge in [-0.25, -0.2) is 0 Å². The van der Waals surface area contributed by atoms with Crippen molar-refractivity contribution < 1.29 is 9.47 Å². The van der Waals surface area contributed by atoms with Crippen LogP contribution in [0, 0.1) is 0 Å². The summed E-state index contributed by atoms with van der Waals surface area (Å²) in [5.74, 6) is 1.68. The number of guanidine groups is 1. The quantitative estimate of drug-likeness (QED) is 0.418. The van der Waals surface area contributed by atoms with E-state index in [4.69, 9.17) is 9.47 Å². The molecule has 0 saturated heterocycles. The van der Waals surface area contributed by atoms with Crippen molar-refractivity contribution in [1.82, 2.24) is 10.6 Å². The SMILES string of the molecule is CN=C(NCCOC)NCCc1ccc(OCc2ccccc2)cc1. The Morgan fingerprint density at radius 2 is 1.64 bits per heavy atom. The second-order valence-corrected chi connectivity index (χ2v) is 5.59. The zero-order valence-electron chi connectivity index (χ0n) is 15.0. The summed E-state index contributed by atoms with van der Waals surface area (Å²) in [5, 5.41) is 6.48. The van der Waals surface area contributed by atoms with Gasteiger partial charge >= 0.3 is 0 Å². The number of hydrogen-bond acceptors (Lipinski definition) is 3. The fourth-order valence-electron chi connectivity index (χ4n) is 2.31. The first-order valence-corrected chi connectivity index (χ1v) is 8.51. The molecule has 0 spiro atoms. The fourth-order valence-corrected chi connectivity index (χ4v) is 2.31. The average Bonchev–Trinajstić information content (AvgIpc) is 2.67. The summed E-state index contributed by atoms with van der Waals surface area (Å²) in [5.41, 5.74) is 2.43. The van der Waals surface area contributed by atoms with Gasteiger partial charge in [0.25, 0.3) is 0 Å². The Kier molecular flexibility index (Phi) is 8.35. The molecule has 134 valence electrons. The van der Waals surface area contributed by atoms with Crippen molar-refractivity contribution in [3.8, 4) is 5.75 Å². The van der Waals surface area contributed by atoms with E-state index in [1.807, 2.05) is 30.3 Å². The predicted molar refractivity (Wildman–Crippen MR) is 102 cm³/mol. The molecule has 0 atom stereocenters. The monoisotopic (exact) mass is 341 g/mol. The molecule has 2 aromatic carbocycles. The highest BCUT2D eigenvalue weighted by atomic mass is 16.5. The van der Waals surface area contributed by atoms with Gasteiger partial charge in [-0.3, -0.25) is 4.99 Å². The Balaban J connectivity index is 1.71. The summed E-state index contributed by atoms with van der Waals surface area (Å²) >= 11 is 0. The molecule has 0 aliphatic carbocycles. The fraction of sp³-hybridized carbons (Fsp3) is 0.350. The minimum atomic E-state index is 0.589. The zero-order chi connectivity index (χ0) is 17.7. The Morgan fingerprint density at radius 1 is 0.920 bits per heavy atom. The molecular weight excluding hydrogens is 314 g/mol. The molecule has 0 unspecified atom stereocenters. The molecule has 0 aromatic heterocycles. The molecule has 0 radical (unpaired) electrons. The van der Waals surface area contributed by atoms with Crippen molar-refractivity contribution in [1.29, 1.82) is 0 Å². The molecule has 0 heterocycles. The van der Waals surface area contributed by atoms with Crippen molar-refractivity contribution in [3.05, 3.63) is 65.7 Å². The lowest BCUT2D eigenvalue weighted by molar-refractivity contribution is 0.203. The van der Waals surface area contributed by atoms with E-state index < -0.39 is 0 Å². The lowest BCUT2D eigenvalue weighted by Crippen LogP contribution is -2.39. The largest absolute Gasteiger partial charge is 0.489 e. The van der Waals surface area contributed by atoms with Crippen LogP contribution < -0.4 is 15.4 Å². The van der Waals surface area contributed by atoms with Crippen LogP contribution in [0.25, 0.3) is 0 Å². The maximum Gasteiger partial charge on any atom is 0.191 e. The van der Waals surface area contributed by atoms with Crippen LogP contribution in [0.5, 0.6) is 5.75 Å². The molecule has 0 fully saturated rings. The van der Waals surface area contributed by atoms with Crippen LogP contribution in [0.4, 0.5) is 0 Å². The van der Waals surface area contributed by atoms with Gasteiger partial charge in [-0.2, -0.15) is 0 Å². The van der Waals surface area contributed by atoms with Crippen LogP contribution in [0.15, 0.2) is 59.6 Å². The maximum atomic E-state index is 5.81. The highest BCUT2D eigenvalue weighted by molar-refractivity contribution is 5.79. The number of rotatable bonds is 9. The summed E-state index contributed by atoms with van der Waals surface area (Å²) in [6.45, 7) is 2.80. The van der Waals surface area contributed by atoms with E-state index in [-0.39, 0.29) is 0 Å². The van der Waals surface area contributed by atoms with Gasteiger partial charge in [0.05, 0.1) is 6.61 Å². The van der Waals surface area contributed by atoms with Gasteiger partial charge in [0.15, 0.2) is 5.96 Å². The molecule has 25 heavy (non-hydrogen) atoms. The third-order valence-corrected chi connectivity index (χ3v) is 3.70. The highest BCUT2D eigenvalue weighted by Gasteiger charge is 1.99. The minimum Gasteiger partial charge on any atom is -0.489 e. The highest BCUT2D eigenvalue weighted by Crippen LogP contribution is 2.14. The molecule has 0 aliphatic heterocycles. The molecule has 0 aliphatic rings. The van der Waals surface area contributed by atoms with Gasteiger partial charge in [-0.1, -0.05) is 42.5 Å². The van der Waals surface area contributed by atoms with Crippen LogP contribution in [0.3, 0.4) is 0 Å². The smallest absolute Gasteiger partial charge is 0.191 e. The second-order valence-electron chi connectivity index (χ2n) is 5.59. The molecular formula is C20H27N3O2. The Labute approximate surface area is 150 Å². The number of hydrogen-bond donors (Lipinski definition) is 2. The molecule has 0 saturated carbocycles. The molecule has 0 bridgehead atoms. The number of methoxy groups -OCH3 is 1. The van der Waals surface area contributed by atoms with Crippen molar-refractivity contribution >= 4 is 5.96 Å². The van der Waals surface area contributed by atoms with E-state index in [0.717, 1.165) is 31.2 Å². The van der Waals surface area contributed by atoms with E-state index >= 15 is 0 Å². The van der Waals surface area contributed by atoms with Crippen LogP contribution in [0.2, 0.25) is 0 Å². The third-order valence-electron chi connectivity index (χ3n) is 3.70. The number of nitrogens with zero attached hydrogens (tertiary/aromatic N) is 1. The van der Waals surface area contributed by atoms with Gasteiger partial charge in [0.2, 0.25) is 0 Å². The first-order valence-electron chi connectivity index (χ1n) is 8.51. The van der Waals surface area contributed by atoms with Gasteiger partial charge in [-0.15, -0.1) is 0 Å². The molecule has 0 amide bonds. The van der Waals surface area contributed by atoms with Gasteiger partial charge in [0.1, 0.15) is 12.4 Å². The molecule has 2 aromatic rings. The normalized spacial score (nSPS) is 11.2. The summed E-state index contributed by atoms with van der Waals surface area (Å²) in [4.78, 5) is 4.18. The molecule has 5 heteroatoms. The lowest BCUT2D eigenvalue weighted by atomic mass is 10.1. The van der Waals surface area contributed by atoms with Crippen LogP contribution >= 0.6 is 0 Å². The first-order chi connectivity index (χ1) is 12.3. The van der Waals surface area contributed by atoms with Gasteiger partial charge < -0.3 is 20.1 Å². The summed E-state index contributed by atoms with van der Waals surface area (Å²) in [6.07, 6.45) is 0.921. The standard InChI is InChI=1S/C20H27N3O2/c1-21-20(23-14-15-24-2)22-13-12-17-8-10-19(11-9-17)25-16-18-6-4-3-5-7-18/h3-11H,12-16H2,1-2H3,(H2,21,22,23). The van der Waals surface area contributed by atoms with E-state index in [1.165, 1.54) is 11.1 Å². The number of ether oxygens (including phenoxy) is 2. The maximum absolute atomic E-state index is 5.81. The lowest BCUT2D eigenvalue weighted by Gasteiger charge is -2.12. The third kappa shape index (κ3) is 7.27. The van der Waals surface area contributed by atoms with E-state index in [9.17, 15) is 0 Å². The van der Waals surface area contributed by atoms with Crippen molar-refractivity contribution in [2.75, 3.05) is 33.9 Å². The number of nitrogens with one attached hydrogen (secondary N) is 2. The van der Waals surface area contributed by atoms with Crippen molar-refractivity contribution in [3.63, 3.8) is 0 Å². The topological polar surface area (TPSA) is 54.9 Å². The average molecular weight is 341 g/mol. The second kappa shape index (κ2) is 11.1.